The number of rotatable bonds is 9. The molecule has 30 heavy (non-hydrogen) atoms. The average molecular weight is 446 g/mol. The van der Waals surface area contributed by atoms with Gasteiger partial charge in [0.05, 0.1) is 18.0 Å². The van der Waals surface area contributed by atoms with E-state index in [4.69, 9.17) is 4.74 Å². The summed E-state index contributed by atoms with van der Waals surface area (Å²) in [6, 6.07) is 10.3. The molecule has 0 aromatic heterocycles. The Kier molecular flexibility index (Phi) is 7.68. The maximum absolute atomic E-state index is 12.4. The fourth-order valence-corrected chi connectivity index (χ4v) is 3.52. The smallest absolute Gasteiger partial charge is 0.422 e. The Balaban J connectivity index is 1.87. The van der Waals surface area contributed by atoms with Crippen LogP contribution in [0.5, 0.6) is 11.5 Å². The molecule has 0 heterocycles. The van der Waals surface area contributed by atoms with Crippen molar-refractivity contribution in [1.82, 2.24) is 10.0 Å². The standard InChI is InChI=1S/C19H21F3N2O5S/c1-13(24-30(26,27)17-9-7-15(28-2)8-10-17)18(25)23-11-14-3-5-16(6-4-14)29-12-19(20,21)22/h3-10,13,24H,11-12H2,1-2H3,(H,23,25)/t13-/m0/s1. The minimum atomic E-state index is -4.43. The van der Waals surface area contributed by atoms with Crippen LogP contribution in [0.15, 0.2) is 53.4 Å². The van der Waals surface area contributed by atoms with Gasteiger partial charge in [-0.05, 0) is 48.9 Å². The van der Waals surface area contributed by atoms with E-state index >= 15 is 0 Å². The fourth-order valence-electron chi connectivity index (χ4n) is 2.32. The molecule has 0 radical (unpaired) electrons. The highest BCUT2D eigenvalue weighted by molar-refractivity contribution is 7.89. The lowest BCUT2D eigenvalue weighted by molar-refractivity contribution is -0.153. The number of ether oxygens (including phenoxy) is 2. The van der Waals surface area contributed by atoms with E-state index in [0.717, 1.165) is 0 Å². The molecular weight excluding hydrogens is 425 g/mol. The molecule has 0 aliphatic carbocycles. The number of alkyl halides is 3. The van der Waals surface area contributed by atoms with Crippen LogP contribution in [0.1, 0.15) is 12.5 Å². The fraction of sp³-hybridized carbons (Fsp3) is 0.316. The van der Waals surface area contributed by atoms with E-state index in [1.807, 2.05) is 0 Å². The highest BCUT2D eigenvalue weighted by atomic mass is 32.2. The van der Waals surface area contributed by atoms with Gasteiger partial charge in [0, 0.05) is 6.54 Å². The Morgan fingerprint density at radius 2 is 1.60 bits per heavy atom. The Bertz CT molecular complexity index is 946. The molecule has 0 fully saturated rings. The Morgan fingerprint density at radius 1 is 1.03 bits per heavy atom. The van der Waals surface area contributed by atoms with E-state index < -0.39 is 34.8 Å². The first-order valence-electron chi connectivity index (χ1n) is 8.73. The van der Waals surface area contributed by atoms with Crippen LogP contribution in [-0.4, -0.2) is 40.3 Å². The molecule has 2 aromatic carbocycles. The second-order valence-corrected chi connectivity index (χ2v) is 8.00. The van der Waals surface area contributed by atoms with Gasteiger partial charge in [0.15, 0.2) is 6.61 Å². The molecule has 0 saturated heterocycles. The molecule has 1 atom stereocenters. The van der Waals surface area contributed by atoms with Crippen LogP contribution in [0.3, 0.4) is 0 Å². The van der Waals surface area contributed by atoms with E-state index in [-0.39, 0.29) is 17.2 Å². The predicted molar refractivity (Wildman–Crippen MR) is 103 cm³/mol. The second kappa shape index (κ2) is 9.81. The monoisotopic (exact) mass is 446 g/mol. The Morgan fingerprint density at radius 3 is 2.13 bits per heavy atom. The number of carbonyl (C=O) groups excluding carboxylic acids is 1. The van der Waals surface area contributed by atoms with Gasteiger partial charge in [-0.1, -0.05) is 12.1 Å². The van der Waals surface area contributed by atoms with Crippen molar-refractivity contribution in [1.29, 1.82) is 0 Å². The molecule has 0 bridgehead atoms. The van der Waals surface area contributed by atoms with Crippen molar-refractivity contribution >= 4 is 15.9 Å². The third-order valence-corrected chi connectivity index (χ3v) is 5.44. The molecule has 2 rings (SSSR count). The SMILES string of the molecule is COc1ccc(S(=O)(=O)N[C@@H](C)C(=O)NCc2ccc(OCC(F)(F)F)cc2)cc1. The Labute approximate surface area is 172 Å². The summed E-state index contributed by atoms with van der Waals surface area (Å²) in [5.74, 6) is -0.0259. The zero-order valence-electron chi connectivity index (χ0n) is 16.2. The summed E-state index contributed by atoms with van der Waals surface area (Å²) in [6.07, 6.45) is -4.43. The van der Waals surface area contributed by atoms with Crippen molar-refractivity contribution in [2.24, 2.45) is 0 Å². The minimum absolute atomic E-state index is 0.0163. The van der Waals surface area contributed by atoms with Gasteiger partial charge in [0.2, 0.25) is 15.9 Å². The zero-order chi connectivity index (χ0) is 22.4. The number of benzene rings is 2. The first-order chi connectivity index (χ1) is 14.0. The lowest BCUT2D eigenvalue weighted by atomic mass is 10.2. The summed E-state index contributed by atoms with van der Waals surface area (Å²) in [5.41, 5.74) is 0.605. The summed E-state index contributed by atoms with van der Waals surface area (Å²) in [5, 5.41) is 2.56. The molecule has 0 aliphatic heterocycles. The third kappa shape index (κ3) is 7.23. The lowest BCUT2D eigenvalue weighted by Crippen LogP contribution is -2.44. The first-order valence-corrected chi connectivity index (χ1v) is 10.2. The first kappa shape index (κ1) is 23.5. The van der Waals surface area contributed by atoms with Crippen LogP contribution in [0.2, 0.25) is 0 Å². The van der Waals surface area contributed by atoms with Crippen LogP contribution in [-0.2, 0) is 21.4 Å². The molecule has 0 saturated carbocycles. The number of amides is 1. The topological polar surface area (TPSA) is 93.7 Å². The average Bonchev–Trinajstić information content (AvgIpc) is 2.70. The van der Waals surface area contributed by atoms with Gasteiger partial charge in [-0.2, -0.15) is 17.9 Å². The van der Waals surface area contributed by atoms with Crippen molar-refractivity contribution in [3.63, 3.8) is 0 Å². The van der Waals surface area contributed by atoms with Crippen molar-refractivity contribution in [2.45, 2.75) is 30.6 Å². The molecule has 0 spiro atoms. The second-order valence-electron chi connectivity index (χ2n) is 6.28. The van der Waals surface area contributed by atoms with E-state index in [1.165, 1.54) is 62.6 Å². The number of carbonyl (C=O) groups is 1. The van der Waals surface area contributed by atoms with E-state index in [2.05, 4.69) is 14.8 Å². The third-order valence-electron chi connectivity index (χ3n) is 3.89. The summed E-state index contributed by atoms with van der Waals surface area (Å²) in [6.45, 7) is 0.0619. The summed E-state index contributed by atoms with van der Waals surface area (Å²) in [7, 11) is -2.46. The minimum Gasteiger partial charge on any atom is -0.497 e. The van der Waals surface area contributed by atoms with Crippen LogP contribution in [0, 0.1) is 0 Å². The summed E-state index contributed by atoms with van der Waals surface area (Å²) < 4.78 is 73.0. The molecule has 0 unspecified atom stereocenters. The predicted octanol–water partition coefficient (Wildman–Crippen LogP) is 2.62. The van der Waals surface area contributed by atoms with E-state index in [1.54, 1.807) is 0 Å². The van der Waals surface area contributed by atoms with Gasteiger partial charge in [-0.25, -0.2) is 8.42 Å². The number of methoxy groups -OCH3 is 1. The highest BCUT2D eigenvalue weighted by Crippen LogP contribution is 2.19. The van der Waals surface area contributed by atoms with Crippen LogP contribution in [0.4, 0.5) is 13.2 Å². The lowest BCUT2D eigenvalue weighted by Gasteiger charge is -2.15. The quantitative estimate of drug-likeness (QED) is 0.618. The summed E-state index contributed by atoms with van der Waals surface area (Å²) in [4.78, 5) is 12.2. The van der Waals surface area contributed by atoms with Crippen molar-refractivity contribution in [2.75, 3.05) is 13.7 Å². The Hall–Kier alpha value is -2.79. The maximum atomic E-state index is 12.4. The summed E-state index contributed by atoms with van der Waals surface area (Å²) >= 11 is 0. The molecule has 0 aliphatic rings. The number of hydrogen-bond acceptors (Lipinski definition) is 5. The van der Waals surface area contributed by atoms with Gasteiger partial charge in [-0.15, -0.1) is 0 Å². The molecule has 1 amide bonds. The number of halogens is 3. The van der Waals surface area contributed by atoms with Crippen molar-refractivity contribution < 1.29 is 35.9 Å². The van der Waals surface area contributed by atoms with Crippen LogP contribution in [0.25, 0.3) is 0 Å². The molecule has 7 nitrogen and oxygen atoms in total. The van der Waals surface area contributed by atoms with Gasteiger partial charge in [0.1, 0.15) is 11.5 Å². The molecule has 2 N–H and O–H groups in total. The number of sulfonamides is 1. The van der Waals surface area contributed by atoms with Crippen molar-refractivity contribution in [3.05, 3.63) is 54.1 Å². The zero-order valence-corrected chi connectivity index (χ0v) is 17.0. The molecule has 11 heteroatoms. The van der Waals surface area contributed by atoms with Gasteiger partial charge < -0.3 is 14.8 Å². The van der Waals surface area contributed by atoms with E-state index in [0.29, 0.717) is 11.3 Å². The van der Waals surface area contributed by atoms with Crippen molar-refractivity contribution in [3.8, 4) is 11.5 Å². The maximum Gasteiger partial charge on any atom is 0.422 e. The molecular formula is C19H21F3N2O5S. The van der Waals surface area contributed by atoms with Gasteiger partial charge in [-0.3, -0.25) is 4.79 Å². The highest BCUT2D eigenvalue weighted by Gasteiger charge is 2.28. The van der Waals surface area contributed by atoms with Gasteiger partial charge >= 0.3 is 6.18 Å². The van der Waals surface area contributed by atoms with Crippen LogP contribution < -0.4 is 19.5 Å². The van der Waals surface area contributed by atoms with E-state index in [9.17, 15) is 26.4 Å². The van der Waals surface area contributed by atoms with Crippen LogP contribution >= 0.6 is 0 Å². The van der Waals surface area contributed by atoms with Gasteiger partial charge in [0.25, 0.3) is 0 Å². The number of hydrogen-bond donors (Lipinski definition) is 2. The number of nitrogens with one attached hydrogen (secondary N) is 2. The molecule has 164 valence electrons. The molecule has 2 aromatic rings. The normalized spacial score (nSPS) is 12.8. The largest absolute Gasteiger partial charge is 0.497 e.